The van der Waals surface area contributed by atoms with Crippen LogP contribution in [0.2, 0.25) is 0 Å². The largest absolute Gasteiger partial charge is 0.348 e. The molecule has 3 aromatic rings. The van der Waals surface area contributed by atoms with E-state index in [1.807, 2.05) is 37.3 Å². The summed E-state index contributed by atoms with van der Waals surface area (Å²) < 4.78 is 1.74. The first-order valence-corrected chi connectivity index (χ1v) is 10.5. The number of fused-ring (bicyclic) bond motifs is 2. The summed E-state index contributed by atoms with van der Waals surface area (Å²) in [6.07, 6.45) is 6.27. The van der Waals surface area contributed by atoms with E-state index >= 15 is 0 Å². The van der Waals surface area contributed by atoms with Gasteiger partial charge in [0, 0.05) is 17.6 Å². The minimum absolute atomic E-state index is 0.121. The number of carbonyl (C=O) groups excluding carboxylic acids is 1. The van der Waals surface area contributed by atoms with E-state index in [0.29, 0.717) is 5.69 Å². The van der Waals surface area contributed by atoms with E-state index in [1.165, 1.54) is 12.8 Å². The smallest absolute Gasteiger partial charge is 0.273 e. The molecule has 2 aromatic heterocycles. The van der Waals surface area contributed by atoms with Gasteiger partial charge in [0.1, 0.15) is 0 Å². The van der Waals surface area contributed by atoms with E-state index in [4.69, 9.17) is 0 Å². The van der Waals surface area contributed by atoms with Crippen LogP contribution in [0.4, 0.5) is 0 Å². The fourth-order valence-corrected chi connectivity index (χ4v) is 4.95. The highest BCUT2D eigenvalue weighted by Crippen LogP contribution is 2.34. The van der Waals surface area contributed by atoms with E-state index in [-0.39, 0.29) is 11.9 Å². The summed E-state index contributed by atoms with van der Waals surface area (Å²) in [5.74, 6) is 1.36. The van der Waals surface area contributed by atoms with Crippen molar-refractivity contribution < 1.29 is 4.79 Å². The number of nitrogens with one attached hydrogen (secondary N) is 2. The Morgan fingerprint density at radius 1 is 1.17 bits per heavy atom. The molecule has 1 saturated heterocycles. The van der Waals surface area contributed by atoms with Crippen molar-refractivity contribution in [3.05, 3.63) is 47.9 Å². The van der Waals surface area contributed by atoms with Gasteiger partial charge in [0.25, 0.3) is 5.91 Å². The maximum Gasteiger partial charge on any atom is 0.273 e. The molecule has 3 atom stereocenters. The van der Waals surface area contributed by atoms with Gasteiger partial charge in [0.15, 0.2) is 5.69 Å². The van der Waals surface area contributed by atoms with Gasteiger partial charge in [-0.1, -0.05) is 11.3 Å². The second kappa shape index (κ2) is 7.55. The van der Waals surface area contributed by atoms with Crippen molar-refractivity contribution in [1.82, 2.24) is 30.6 Å². The van der Waals surface area contributed by atoms with Crippen molar-refractivity contribution in [2.24, 2.45) is 11.8 Å². The Morgan fingerprint density at radius 2 is 2.10 bits per heavy atom. The van der Waals surface area contributed by atoms with E-state index in [0.717, 1.165) is 60.1 Å². The molecule has 150 valence electrons. The zero-order valence-electron chi connectivity index (χ0n) is 16.6. The molecule has 7 nitrogen and oxygen atoms in total. The van der Waals surface area contributed by atoms with E-state index in [9.17, 15) is 4.79 Å². The normalized spacial score (nSPS) is 24.2. The molecule has 1 aromatic carbocycles. The second-order valence-electron chi connectivity index (χ2n) is 8.28. The van der Waals surface area contributed by atoms with Gasteiger partial charge < -0.3 is 10.6 Å². The molecule has 3 heterocycles. The Labute approximate surface area is 169 Å². The third kappa shape index (κ3) is 3.40. The number of benzene rings is 1. The average Bonchev–Trinajstić information content (AvgIpc) is 3.14. The first-order chi connectivity index (χ1) is 14.2. The van der Waals surface area contributed by atoms with Crippen LogP contribution in [0, 0.1) is 18.8 Å². The Hall–Kier alpha value is -2.80. The van der Waals surface area contributed by atoms with Crippen LogP contribution in [0.1, 0.15) is 41.9 Å². The Balaban J connectivity index is 1.36. The topological polar surface area (TPSA) is 84.7 Å². The van der Waals surface area contributed by atoms with Gasteiger partial charge in [-0.2, -0.15) is 0 Å². The molecule has 29 heavy (non-hydrogen) atoms. The summed E-state index contributed by atoms with van der Waals surface area (Å²) in [7, 11) is 0. The first kappa shape index (κ1) is 18.2. The fraction of sp³-hybridized carbons (Fsp3) is 0.455. The molecule has 2 fully saturated rings. The summed E-state index contributed by atoms with van der Waals surface area (Å²) in [5, 5.41) is 16.2. The predicted molar refractivity (Wildman–Crippen MR) is 111 cm³/mol. The van der Waals surface area contributed by atoms with Crippen LogP contribution in [0.3, 0.4) is 0 Å². The fourth-order valence-electron chi connectivity index (χ4n) is 4.95. The van der Waals surface area contributed by atoms with E-state index in [1.54, 1.807) is 10.9 Å². The molecule has 2 N–H and O–H groups in total. The number of hydrogen-bond donors (Lipinski definition) is 2. The lowest BCUT2D eigenvalue weighted by atomic mass is 9.73. The molecule has 2 aliphatic rings. The molecular weight excluding hydrogens is 364 g/mol. The van der Waals surface area contributed by atoms with Crippen molar-refractivity contribution in [3.63, 3.8) is 0 Å². The summed E-state index contributed by atoms with van der Waals surface area (Å²) in [6, 6.07) is 10.0. The lowest BCUT2D eigenvalue weighted by Crippen LogP contribution is -2.46. The van der Waals surface area contributed by atoms with Crippen LogP contribution in [-0.4, -0.2) is 45.0 Å². The molecule has 1 aliphatic heterocycles. The molecule has 1 aliphatic carbocycles. The van der Waals surface area contributed by atoms with Gasteiger partial charge in [-0.15, -0.1) is 5.10 Å². The highest BCUT2D eigenvalue weighted by atomic mass is 16.2. The molecule has 5 rings (SSSR count). The summed E-state index contributed by atoms with van der Waals surface area (Å²) >= 11 is 0. The van der Waals surface area contributed by atoms with Crippen molar-refractivity contribution >= 4 is 16.8 Å². The number of amides is 1. The molecule has 0 radical (unpaired) electrons. The lowest BCUT2D eigenvalue weighted by Gasteiger charge is -2.39. The van der Waals surface area contributed by atoms with Crippen LogP contribution in [0.25, 0.3) is 16.6 Å². The quantitative estimate of drug-likeness (QED) is 0.718. The van der Waals surface area contributed by atoms with Crippen molar-refractivity contribution in [1.29, 1.82) is 0 Å². The molecule has 0 spiro atoms. The minimum atomic E-state index is -0.121. The Bertz CT molecular complexity index is 1040. The standard InChI is InChI=1S/C22H26N6O/c1-14-21(22(29)25-17-8-7-16-13-23-11-9-15(16)12-17)26-27-28(14)20-6-2-5-19-18(20)4-3-10-24-19/h2-6,10,15-17,23H,7-9,11-13H2,1H3,(H,25,29). The van der Waals surface area contributed by atoms with Crippen molar-refractivity contribution in [2.75, 3.05) is 13.1 Å². The second-order valence-corrected chi connectivity index (χ2v) is 8.28. The monoisotopic (exact) mass is 390 g/mol. The number of aromatic nitrogens is 4. The maximum atomic E-state index is 13.0. The number of nitrogens with zero attached hydrogens (tertiary/aromatic N) is 4. The zero-order chi connectivity index (χ0) is 19.8. The van der Waals surface area contributed by atoms with Crippen molar-refractivity contribution in [3.8, 4) is 5.69 Å². The van der Waals surface area contributed by atoms with E-state index < -0.39 is 0 Å². The predicted octanol–water partition coefficient (Wildman–Crippen LogP) is 2.63. The van der Waals surface area contributed by atoms with Gasteiger partial charge in [-0.3, -0.25) is 9.78 Å². The molecule has 0 bridgehead atoms. The Morgan fingerprint density at radius 3 is 3.03 bits per heavy atom. The van der Waals surface area contributed by atoms with Crippen LogP contribution in [0.5, 0.6) is 0 Å². The van der Waals surface area contributed by atoms with Crippen LogP contribution >= 0.6 is 0 Å². The summed E-state index contributed by atoms with van der Waals surface area (Å²) in [6.45, 7) is 4.11. The SMILES string of the molecule is Cc1c(C(=O)NC2CCC3CNCCC3C2)nnn1-c1cccc2ncccc12. The molecular formula is C22H26N6O. The minimum Gasteiger partial charge on any atom is -0.348 e. The summed E-state index contributed by atoms with van der Waals surface area (Å²) in [4.78, 5) is 17.4. The average molecular weight is 390 g/mol. The third-order valence-electron chi connectivity index (χ3n) is 6.53. The number of carbonyl (C=O) groups is 1. The molecule has 7 heteroatoms. The number of hydrogen-bond acceptors (Lipinski definition) is 5. The maximum absolute atomic E-state index is 13.0. The highest BCUT2D eigenvalue weighted by molar-refractivity contribution is 5.94. The zero-order valence-corrected chi connectivity index (χ0v) is 16.6. The van der Waals surface area contributed by atoms with Gasteiger partial charge in [0.2, 0.25) is 0 Å². The van der Waals surface area contributed by atoms with Gasteiger partial charge in [-0.25, -0.2) is 4.68 Å². The molecule has 1 saturated carbocycles. The van der Waals surface area contributed by atoms with Gasteiger partial charge in [0.05, 0.1) is 16.9 Å². The van der Waals surface area contributed by atoms with Gasteiger partial charge in [-0.05, 0) is 81.8 Å². The number of pyridine rings is 1. The first-order valence-electron chi connectivity index (χ1n) is 10.5. The number of piperidine rings is 1. The Kier molecular flexibility index (Phi) is 4.75. The lowest BCUT2D eigenvalue weighted by molar-refractivity contribution is 0.0882. The van der Waals surface area contributed by atoms with Gasteiger partial charge >= 0.3 is 0 Å². The molecule has 3 unspecified atom stereocenters. The highest BCUT2D eigenvalue weighted by Gasteiger charge is 2.33. The van der Waals surface area contributed by atoms with E-state index in [2.05, 4.69) is 25.9 Å². The molecule has 1 amide bonds. The third-order valence-corrected chi connectivity index (χ3v) is 6.53. The summed E-state index contributed by atoms with van der Waals surface area (Å²) in [5.41, 5.74) is 2.92. The number of rotatable bonds is 3. The van der Waals surface area contributed by atoms with Crippen LogP contribution in [0.15, 0.2) is 36.5 Å². The van der Waals surface area contributed by atoms with Crippen molar-refractivity contribution in [2.45, 2.75) is 38.6 Å². The van der Waals surface area contributed by atoms with Crippen LogP contribution in [-0.2, 0) is 0 Å². The van der Waals surface area contributed by atoms with Crippen LogP contribution < -0.4 is 10.6 Å².